The van der Waals surface area contributed by atoms with E-state index in [0.29, 0.717) is 5.92 Å². The summed E-state index contributed by atoms with van der Waals surface area (Å²) >= 11 is 0. The van der Waals surface area contributed by atoms with E-state index in [1.165, 1.54) is 11.8 Å². The topological polar surface area (TPSA) is 37.4 Å². The van der Waals surface area contributed by atoms with Crippen LogP contribution in [0.25, 0.3) is 0 Å². The van der Waals surface area contributed by atoms with Gasteiger partial charge >= 0.3 is 0 Å². The van der Waals surface area contributed by atoms with Crippen LogP contribution in [-0.4, -0.2) is 20.7 Å². The fourth-order valence-corrected chi connectivity index (χ4v) is 4.01. The van der Waals surface area contributed by atoms with Gasteiger partial charge in [-0.2, -0.15) is 0 Å². The van der Waals surface area contributed by atoms with E-state index < -0.39 is 10.0 Å². The Hall–Kier alpha value is -1.03. The van der Waals surface area contributed by atoms with E-state index in [1.807, 2.05) is 26.0 Å². The molecule has 1 heterocycles. The van der Waals surface area contributed by atoms with Crippen LogP contribution < -0.4 is 4.31 Å². The van der Waals surface area contributed by atoms with Crippen LogP contribution in [0.5, 0.6) is 0 Å². The van der Waals surface area contributed by atoms with Crippen molar-refractivity contribution in [3.8, 4) is 0 Å². The zero-order valence-electron chi connectivity index (χ0n) is 10.8. The van der Waals surface area contributed by atoms with Crippen LogP contribution in [0.15, 0.2) is 18.2 Å². The van der Waals surface area contributed by atoms with Gasteiger partial charge in [0.15, 0.2) is 0 Å². The van der Waals surface area contributed by atoms with Gasteiger partial charge in [-0.25, -0.2) is 8.42 Å². The standard InChI is InChI=1S/C13H19NO2S/c1-9-5-6-13-12(7-9)10(2)8-11(3)14(13)17(4,15)16/h5-7,10-11H,8H2,1-4H3. The maximum atomic E-state index is 11.9. The van der Waals surface area contributed by atoms with Crippen LogP contribution in [0.2, 0.25) is 0 Å². The molecule has 3 nitrogen and oxygen atoms in total. The Bertz CT molecular complexity index is 536. The summed E-state index contributed by atoms with van der Waals surface area (Å²) in [4.78, 5) is 0. The predicted molar refractivity (Wildman–Crippen MR) is 71.0 cm³/mol. The van der Waals surface area contributed by atoms with Crippen LogP contribution in [0, 0.1) is 6.92 Å². The molecule has 0 aliphatic carbocycles. The quantitative estimate of drug-likeness (QED) is 0.771. The van der Waals surface area contributed by atoms with Crippen molar-refractivity contribution in [2.24, 2.45) is 0 Å². The molecular weight excluding hydrogens is 234 g/mol. The van der Waals surface area contributed by atoms with Gasteiger partial charge in [0.2, 0.25) is 10.0 Å². The summed E-state index contributed by atoms with van der Waals surface area (Å²) in [6.07, 6.45) is 2.16. The molecule has 2 atom stereocenters. The zero-order chi connectivity index (χ0) is 12.8. The van der Waals surface area contributed by atoms with Gasteiger partial charge in [-0.15, -0.1) is 0 Å². The summed E-state index contributed by atoms with van der Waals surface area (Å²) in [7, 11) is -3.19. The number of hydrogen-bond acceptors (Lipinski definition) is 2. The van der Waals surface area contributed by atoms with Crippen LogP contribution in [0.4, 0.5) is 5.69 Å². The third-order valence-electron chi connectivity index (χ3n) is 3.40. The Morgan fingerprint density at radius 1 is 1.29 bits per heavy atom. The minimum Gasteiger partial charge on any atom is -0.267 e. The molecule has 0 fully saturated rings. The summed E-state index contributed by atoms with van der Waals surface area (Å²) in [5, 5.41) is 0. The van der Waals surface area contributed by atoms with E-state index in [4.69, 9.17) is 0 Å². The number of anilines is 1. The summed E-state index contributed by atoms with van der Waals surface area (Å²) in [5.41, 5.74) is 3.18. The highest BCUT2D eigenvalue weighted by molar-refractivity contribution is 7.92. The maximum Gasteiger partial charge on any atom is 0.232 e. The molecule has 0 saturated heterocycles. The molecule has 0 radical (unpaired) electrons. The van der Waals surface area contributed by atoms with Crippen molar-refractivity contribution in [3.05, 3.63) is 29.3 Å². The van der Waals surface area contributed by atoms with Gasteiger partial charge in [-0.05, 0) is 37.8 Å². The molecule has 2 unspecified atom stereocenters. The molecule has 94 valence electrons. The molecule has 0 bridgehead atoms. The second kappa shape index (κ2) is 4.02. The largest absolute Gasteiger partial charge is 0.267 e. The van der Waals surface area contributed by atoms with Gasteiger partial charge in [0.05, 0.1) is 11.9 Å². The molecule has 0 N–H and O–H groups in total. The molecule has 0 aromatic heterocycles. The molecule has 4 heteroatoms. The third kappa shape index (κ3) is 2.18. The van der Waals surface area contributed by atoms with Crippen molar-refractivity contribution in [1.82, 2.24) is 0 Å². The van der Waals surface area contributed by atoms with Gasteiger partial charge in [0.25, 0.3) is 0 Å². The van der Waals surface area contributed by atoms with Crippen LogP contribution in [0.1, 0.15) is 37.3 Å². The first-order valence-electron chi connectivity index (χ1n) is 5.90. The molecule has 17 heavy (non-hydrogen) atoms. The summed E-state index contributed by atoms with van der Waals surface area (Å²) < 4.78 is 25.3. The molecule has 1 aliphatic heterocycles. The lowest BCUT2D eigenvalue weighted by molar-refractivity contribution is 0.535. The highest BCUT2D eigenvalue weighted by atomic mass is 32.2. The lowest BCUT2D eigenvalue weighted by Crippen LogP contribution is -2.42. The highest BCUT2D eigenvalue weighted by Crippen LogP contribution is 2.39. The van der Waals surface area contributed by atoms with Gasteiger partial charge in [-0.3, -0.25) is 4.31 Å². The SMILES string of the molecule is Cc1ccc2c(c1)C(C)CC(C)N2S(C)(=O)=O. The summed E-state index contributed by atoms with van der Waals surface area (Å²) in [6, 6.07) is 6.04. The van der Waals surface area contributed by atoms with Crippen LogP contribution >= 0.6 is 0 Å². The van der Waals surface area contributed by atoms with E-state index in [1.54, 1.807) is 4.31 Å². The number of rotatable bonds is 1. The Morgan fingerprint density at radius 2 is 1.94 bits per heavy atom. The molecule has 1 aromatic carbocycles. The Morgan fingerprint density at radius 3 is 2.53 bits per heavy atom. The normalized spacial score (nSPS) is 24.6. The number of nitrogens with zero attached hydrogens (tertiary/aromatic N) is 1. The monoisotopic (exact) mass is 253 g/mol. The molecular formula is C13H19NO2S. The predicted octanol–water partition coefficient (Wildman–Crippen LogP) is 2.66. The summed E-state index contributed by atoms with van der Waals surface area (Å²) in [5.74, 6) is 0.415. The van der Waals surface area contributed by atoms with Crippen molar-refractivity contribution in [2.45, 2.75) is 39.2 Å². The van der Waals surface area contributed by atoms with E-state index in [-0.39, 0.29) is 6.04 Å². The minimum atomic E-state index is -3.19. The Labute approximate surface area is 104 Å². The van der Waals surface area contributed by atoms with E-state index in [0.717, 1.165) is 17.7 Å². The third-order valence-corrected chi connectivity index (χ3v) is 4.67. The first-order valence-corrected chi connectivity index (χ1v) is 7.75. The van der Waals surface area contributed by atoms with E-state index >= 15 is 0 Å². The minimum absolute atomic E-state index is 0.0372. The second-order valence-electron chi connectivity index (χ2n) is 5.11. The smallest absolute Gasteiger partial charge is 0.232 e. The zero-order valence-corrected chi connectivity index (χ0v) is 11.6. The van der Waals surface area contributed by atoms with Gasteiger partial charge in [-0.1, -0.05) is 24.6 Å². The van der Waals surface area contributed by atoms with E-state index in [2.05, 4.69) is 13.0 Å². The van der Waals surface area contributed by atoms with Crippen molar-refractivity contribution < 1.29 is 8.42 Å². The fraction of sp³-hybridized carbons (Fsp3) is 0.538. The number of sulfonamides is 1. The molecule has 1 aliphatic rings. The van der Waals surface area contributed by atoms with E-state index in [9.17, 15) is 8.42 Å². The molecule has 2 rings (SSSR count). The first-order chi connectivity index (χ1) is 7.80. The van der Waals surface area contributed by atoms with Crippen molar-refractivity contribution in [2.75, 3.05) is 10.6 Å². The van der Waals surface area contributed by atoms with Crippen molar-refractivity contribution in [3.63, 3.8) is 0 Å². The van der Waals surface area contributed by atoms with Crippen LogP contribution in [-0.2, 0) is 10.0 Å². The first kappa shape index (κ1) is 12.4. The van der Waals surface area contributed by atoms with Gasteiger partial charge < -0.3 is 0 Å². The van der Waals surface area contributed by atoms with Gasteiger partial charge in [0.1, 0.15) is 0 Å². The van der Waals surface area contributed by atoms with Crippen molar-refractivity contribution >= 4 is 15.7 Å². The summed E-state index contributed by atoms with van der Waals surface area (Å²) in [6.45, 7) is 6.17. The second-order valence-corrected chi connectivity index (χ2v) is 6.97. The van der Waals surface area contributed by atoms with Crippen molar-refractivity contribution in [1.29, 1.82) is 0 Å². The molecule has 0 spiro atoms. The molecule has 0 amide bonds. The number of benzene rings is 1. The average molecular weight is 253 g/mol. The fourth-order valence-electron chi connectivity index (χ4n) is 2.75. The molecule has 1 aromatic rings. The Kier molecular flexibility index (Phi) is 2.94. The average Bonchev–Trinajstić information content (AvgIpc) is 2.17. The molecule has 0 saturated carbocycles. The number of aryl methyl sites for hydroxylation is 1. The Balaban J connectivity index is 2.63. The number of fused-ring (bicyclic) bond motifs is 1. The lowest BCUT2D eigenvalue weighted by Gasteiger charge is -2.38. The van der Waals surface area contributed by atoms with Gasteiger partial charge in [0, 0.05) is 6.04 Å². The maximum absolute atomic E-state index is 11.9. The highest BCUT2D eigenvalue weighted by Gasteiger charge is 2.32. The number of hydrogen-bond donors (Lipinski definition) is 0. The lowest BCUT2D eigenvalue weighted by atomic mass is 9.88. The van der Waals surface area contributed by atoms with Crippen LogP contribution in [0.3, 0.4) is 0 Å².